The summed E-state index contributed by atoms with van der Waals surface area (Å²) in [5, 5.41) is 7.71. The molecular formula is C16H28N4S. The molecule has 0 aromatic carbocycles. The zero-order chi connectivity index (χ0) is 15.1. The zero-order valence-corrected chi connectivity index (χ0v) is 14.0. The van der Waals surface area contributed by atoms with Crippen LogP contribution in [0.4, 0.5) is 0 Å². The van der Waals surface area contributed by atoms with E-state index in [1.165, 1.54) is 44.1 Å². The minimum Gasteiger partial charge on any atom is -0.370 e. The first-order valence-corrected chi connectivity index (χ1v) is 8.86. The van der Waals surface area contributed by atoms with Crippen LogP contribution in [-0.2, 0) is 0 Å². The minimum atomic E-state index is 0.297. The van der Waals surface area contributed by atoms with Gasteiger partial charge >= 0.3 is 0 Å². The van der Waals surface area contributed by atoms with Crippen LogP contribution in [0.25, 0.3) is 0 Å². The lowest BCUT2D eigenvalue weighted by molar-refractivity contribution is 0.307. The first kappa shape index (κ1) is 16.3. The molecule has 1 unspecified atom stereocenters. The maximum Gasteiger partial charge on any atom is 0.188 e. The van der Waals surface area contributed by atoms with Crippen LogP contribution in [-0.4, -0.2) is 37.5 Å². The molecule has 0 spiro atoms. The van der Waals surface area contributed by atoms with Crippen LogP contribution >= 0.6 is 11.3 Å². The van der Waals surface area contributed by atoms with Crippen molar-refractivity contribution in [3.8, 4) is 0 Å². The number of hydrogen-bond donors (Lipinski definition) is 2. The molecule has 2 rings (SSSR count). The maximum absolute atomic E-state index is 6.08. The van der Waals surface area contributed by atoms with Crippen molar-refractivity contribution in [2.24, 2.45) is 10.7 Å². The fraction of sp³-hybridized carbons (Fsp3) is 0.688. The quantitative estimate of drug-likeness (QED) is 0.499. The Balaban J connectivity index is 1.88. The Morgan fingerprint density at radius 1 is 1.38 bits per heavy atom. The van der Waals surface area contributed by atoms with E-state index in [9.17, 15) is 0 Å². The van der Waals surface area contributed by atoms with E-state index in [1.807, 2.05) is 0 Å². The van der Waals surface area contributed by atoms with Crippen LogP contribution in [0.15, 0.2) is 21.8 Å². The van der Waals surface area contributed by atoms with Crippen molar-refractivity contribution in [1.29, 1.82) is 0 Å². The summed E-state index contributed by atoms with van der Waals surface area (Å²) in [6.45, 7) is 0.704. The molecule has 3 N–H and O–H groups in total. The third-order valence-corrected chi connectivity index (χ3v) is 4.89. The molecule has 5 heteroatoms. The van der Waals surface area contributed by atoms with Gasteiger partial charge < -0.3 is 16.0 Å². The number of rotatable bonds is 5. The largest absolute Gasteiger partial charge is 0.370 e. The van der Waals surface area contributed by atoms with Gasteiger partial charge in [-0.2, -0.15) is 11.3 Å². The predicted octanol–water partition coefficient (Wildman–Crippen LogP) is 2.98. The van der Waals surface area contributed by atoms with Gasteiger partial charge in [-0.3, -0.25) is 4.99 Å². The second-order valence-electron chi connectivity index (χ2n) is 6.09. The highest BCUT2D eigenvalue weighted by Gasteiger charge is 2.15. The molecule has 1 saturated carbocycles. The summed E-state index contributed by atoms with van der Waals surface area (Å²) in [5.74, 6) is 0.601. The van der Waals surface area contributed by atoms with E-state index in [0.29, 0.717) is 24.6 Å². The molecule has 1 aliphatic carbocycles. The Hall–Kier alpha value is -1.07. The van der Waals surface area contributed by atoms with Crippen molar-refractivity contribution in [1.82, 2.24) is 10.2 Å². The number of aliphatic imine (C=N–C) groups is 1. The second kappa shape index (κ2) is 8.39. The lowest BCUT2D eigenvalue weighted by Gasteiger charge is -2.22. The lowest BCUT2D eigenvalue weighted by Crippen LogP contribution is -2.40. The molecular weight excluding hydrogens is 280 g/mol. The number of nitrogens with one attached hydrogen (secondary N) is 1. The molecule has 1 heterocycles. The van der Waals surface area contributed by atoms with E-state index in [0.717, 1.165) is 0 Å². The first-order valence-electron chi connectivity index (χ1n) is 7.92. The molecule has 1 aromatic heterocycles. The Labute approximate surface area is 132 Å². The summed E-state index contributed by atoms with van der Waals surface area (Å²) in [6, 6.07) is 2.97. The van der Waals surface area contributed by atoms with Crippen molar-refractivity contribution >= 4 is 17.3 Å². The molecule has 0 saturated heterocycles. The van der Waals surface area contributed by atoms with E-state index >= 15 is 0 Å². The third-order valence-electron chi connectivity index (χ3n) is 4.19. The van der Waals surface area contributed by atoms with Crippen molar-refractivity contribution in [3.63, 3.8) is 0 Å². The highest BCUT2D eigenvalue weighted by molar-refractivity contribution is 7.07. The van der Waals surface area contributed by atoms with E-state index < -0.39 is 0 Å². The van der Waals surface area contributed by atoms with Crippen LogP contribution in [0.5, 0.6) is 0 Å². The highest BCUT2D eigenvalue weighted by atomic mass is 32.1. The maximum atomic E-state index is 6.08. The Kier molecular flexibility index (Phi) is 6.51. The summed E-state index contributed by atoms with van der Waals surface area (Å²) in [5.41, 5.74) is 7.40. The Morgan fingerprint density at radius 2 is 2.10 bits per heavy atom. The van der Waals surface area contributed by atoms with Gasteiger partial charge in [-0.25, -0.2) is 0 Å². The van der Waals surface area contributed by atoms with Crippen LogP contribution in [0.3, 0.4) is 0 Å². The predicted molar refractivity (Wildman–Crippen MR) is 91.9 cm³/mol. The molecule has 0 aliphatic heterocycles. The van der Waals surface area contributed by atoms with Crippen molar-refractivity contribution in [2.75, 3.05) is 20.6 Å². The van der Waals surface area contributed by atoms with Gasteiger partial charge in [0.05, 0.1) is 12.6 Å². The number of likely N-dealkylation sites (N-methyl/N-ethyl adjacent to an activating group) is 1. The van der Waals surface area contributed by atoms with Gasteiger partial charge in [-0.1, -0.05) is 25.7 Å². The van der Waals surface area contributed by atoms with Gasteiger partial charge in [-0.15, -0.1) is 0 Å². The number of guanidine groups is 1. The van der Waals surface area contributed by atoms with Gasteiger partial charge in [-0.05, 0) is 49.3 Å². The van der Waals surface area contributed by atoms with Crippen molar-refractivity contribution in [2.45, 2.75) is 50.6 Å². The highest BCUT2D eigenvalue weighted by Crippen LogP contribution is 2.21. The summed E-state index contributed by atoms with van der Waals surface area (Å²) in [7, 11) is 4.18. The smallest absolute Gasteiger partial charge is 0.188 e. The molecule has 1 aromatic rings. The lowest BCUT2D eigenvalue weighted by atomic mass is 10.1. The van der Waals surface area contributed by atoms with E-state index in [1.54, 1.807) is 11.3 Å². The summed E-state index contributed by atoms with van der Waals surface area (Å²) in [6.07, 6.45) is 7.77. The van der Waals surface area contributed by atoms with Crippen molar-refractivity contribution in [3.05, 3.63) is 22.4 Å². The first-order chi connectivity index (χ1) is 10.2. The molecule has 1 fully saturated rings. The molecule has 118 valence electrons. The third kappa shape index (κ3) is 5.32. The van der Waals surface area contributed by atoms with Gasteiger partial charge in [0.15, 0.2) is 5.96 Å². The van der Waals surface area contributed by atoms with Gasteiger partial charge in [0.1, 0.15) is 0 Å². The second-order valence-corrected chi connectivity index (χ2v) is 6.87. The Bertz CT molecular complexity index is 419. The fourth-order valence-corrected chi connectivity index (χ4v) is 3.60. The zero-order valence-electron chi connectivity index (χ0n) is 13.2. The summed E-state index contributed by atoms with van der Waals surface area (Å²) in [4.78, 5) is 6.77. The average molecular weight is 308 g/mol. The molecule has 1 atom stereocenters. The van der Waals surface area contributed by atoms with Gasteiger partial charge in [0, 0.05) is 6.04 Å². The van der Waals surface area contributed by atoms with E-state index in [2.05, 4.69) is 46.1 Å². The van der Waals surface area contributed by atoms with Gasteiger partial charge in [0.2, 0.25) is 0 Å². The SMILES string of the molecule is CN(C)C(CN=C(N)NC1CCCCCC1)c1ccsc1. The van der Waals surface area contributed by atoms with Gasteiger partial charge in [0.25, 0.3) is 0 Å². The Morgan fingerprint density at radius 3 is 2.67 bits per heavy atom. The number of hydrogen-bond acceptors (Lipinski definition) is 3. The van der Waals surface area contributed by atoms with Crippen LogP contribution in [0.1, 0.15) is 50.1 Å². The molecule has 4 nitrogen and oxygen atoms in total. The monoisotopic (exact) mass is 308 g/mol. The number of thiophene rings is 1. The van der Waals surface area contributed by atoms with Crippen LogP contribution in [0, 0.1) is 0 Å². The average Bonchev–Trinajstić information content (AvgIpc) is 2.84. The summed E-state index contributed by atoms with van der Waals surface area (Å²) >= 11 is 1.73. The molecule has 21 heavy (non-hydrogen) atoms. The molecule has 0 radical (unpaired) electrons. The molecule has 0 amide bonds. The van der Waals surface area contributed by atoms with E-state index in [4.69, 9.17) is 5.73 Å². The van der Waals surface area contributed by atoms with Crippen molar-refractivity contribution < 1.29 is 0 Å². The number of nitrogens with zero attached hydrogens (tertiary/aromatic N) is 2. The summed E-state index contributed by atoms with van der Waals surface area (Å²) < 4.78 is 0. The molecule has 1 aliphatic rings. The number of nitrogens with two attached hydrogens (primary N) is 1. The topological polar surface area (TPSA) is 53.6 Å². The van der Waals surface area contributed by atoms with Crippen LogP contribution < -0.4 is 11.1 Å². The standard InChI is InChI=1S/C16H28N4S/c1-20(2)15(13-9-10-21-12-13)11-18-16(17)19-14-7-5-3-4-6-8-14/h9-10,12,14-15H,3-8,11H2,1-2H3,(H3,17,18,19). The minimum absolute atomic E-state index is 0.297. The van der Waals surface area contributed by atoms with E-state index in [-0.39, 0.29) is 0 Å². The molecule has 0 bridgehead atoms. The fourth-order valence-electron chi connectivity index (χ4n) is 2.89. The normalized spacial score (nSPS) is 19.5. The van der Waals surface area contributed by atoms with Crippen LogP contribution in [0.2, 0.25) is 0 Å².